The standard InChI is InChI=1S/C21H31NO/c1-5-6-7-8-15-12-18-20(19(23)13-15)16-11-14(2)9-10-17(16)21(3,4)22-18/h12-14,22-23H,5-11H2,1-4H3. The highest BCUT2D eigenvalue weighted by molar-refractivity contribution is 5.87. The number of phenols is 1. The van der Waals surface area contributed by atoms with Crippen molar-refractivity contribution in [2.75, 3.05) is 5.32 Å². The predicted molar refractivity (Wildman–Crippen MR) is 99.0 cm³/mol. The first-order valence-corrected chi connectivity index (χ1v) is 9.29. The summed E-state index contributed by atoms with van der Waals surface area (Å²) in [5.41, 5.74) is 6.36. The maximum absolute atomic E-state index is 10.7. The molecule has 0 saturated carbocycles. The molecule has 0 saturated heterocycles. The third-order valence-corrected chi connectivity index (χ3v) is 5.55. The van der Waals surface area contributed by atoms with Crippen molar-refractivity contribution in [2.45, 2.75) is 78.2 Å². The summed E-state index contributed by atoms with van der Waals surface area (Å²) in [4.78, 5) is 0. The van der Waals surface area contributed by atoms with Crippen molar-refractivity contribution in [1.29, 1.82) is 0 Å². The minimum Gasteiger partial charge on any atom is -0.507 e. The van der Waals surface area contributed by atoms with Gasteiger partial charge >= 0.3 is 0 Å². The van der Waals surface area contributed by atoms with Crippen molar-refractivity contribution in [2.24, 2.45) is 5.92 Å². The largest absolute Gasteiger partial charge is 0.507 e. The fraction of sp³-hybridized carbons (Fsp3) is 0.619. The van der Waals surface area contributed by atoms with Gasteiger partial charge in [-0.2, -0.15) is 0 Å². The third-order valence-electron chi connectivity index (χ3n) is 5.55. The van der Waals surface area contributed by atoms with Crippen LogP contribution >= 0.6 is 0 Å². The van der Waals surface area contributed by atoms with Gasteiger partial charge in [0.15, 0.2) is 0 Å². The van der Waals surface area contributed by atoms with Crippen LogP contribution in [0.15, 0.2) is 17.7 Å². The van der Waals surface area contributed by atoms with Crippen LogP contribution in [0.1, 0.15) is 77.3 Å². The smallest absolute Gasteiger partial charge is 0.125 e. The molecule has 0 amide bonds. The van der Waals surface area contributed by atoms with Crippen LogP contribution in [0.25, 0.3) is 5.57 Å². The molecule has 1 aromatic carbocycles. The van der Waals surface area contributed by atoms with Gasteiger partial charge in [0.1, 0.15) is 5.75 Å². The number of hydrogen-bond donors (Lipinski definition) is 2. The van der Waals surface area contributed by atoms with Crippen LogP contribution in [0.4, 0.5) is 5.69 Å². The molecule has 1 aliphatic carbocycles. The van der Waals surface area contributed by atoms with Gasteiger partial charge in [0.25, 0.3) is 0 Å². The van der Waals surface area contributed by atoms with Crippen molar-refractivity contribution in [3.63, 3.8) is 0 Å². The monoisotopic (exact) mass is 313 g/mol. The van der Waals surface area contributed by atoms with Crippen LogP contribution in [0.3, 0.4) is 0 Å². The average Bonchev–Trinajstić information content (AvgIpc) is 2.46. The number of fused-ring (bicyclic) bond motifs is 2. The van der Waals surface area contributed by atoms with Crippen LogP contribution in [-0.2, 0) is 6.42 Å². The summed E-state index contributed by atoms with van der Waals surface area (Å²) in [6, 6.07) is 4.27. The fourth-order valence-corrected chi connectivity index (χ4v) is 4.29. The Balaban J connectivity index is 2.01. The number of benzene rings is 1. The fourth-order valence-electron chi connectivity index (χ4n) is 4.29. The van der Waals surface area contributed by atoms with Crippen LogP contribution in [0, 0.1) is 5.92 Å². The van der Waals surface area contributed by atoms with Gasteiger partial charge in [-0.15, -0.1) is 0 Å². The molecule has 1 atom stereocenters. The minimum atomic E-state index is -0.00302. The SMILES string of the molecule is CCCCCc1cc(O)c2c(c1)NC(C)(C)C1=C2CC(C)CC1. The molecule has 0 spiro atoms. The number of hydrogen-bond acceptors (Lipinski definition) is 2. The van der Waals surface area contributed by atoms with Gasteiger partial charge in [0.2, 0.25) is 0 Å². The van der Waals surface area contributed by atoms with Gasteiger partial charge in [-0.25, -0.2) is 0 Å². The molecule has 3 rings (SSSR count). The zero-order chi connectivity index (χ0) is 16.6. The molecule has 2 N–H and O–H groups in total. The van der Waals surface area contributed by atoms with E-state index >= 15 is 0 Å². The number of unbranched alkanes of at least 4 members (excludes halogenated alkanes) is 2. The highest BCUT2D eigenvalue weighted by Gasteiger charge is 2.36. The molecule has 0 radical (unpaired) electrons. The van der Waals surface area contributed by atoms with Crippen LogP contribution in [-0.4, -0.2) is 10.6 Å². The van der Waals surface area contributed by atoms with E-state index in [4.69, 9.17) is 0 Å². The normalized spacial score (nSPS) is 22.3. The van der Waals surface area contributed by atoms with Crippen molar-refractivity contribution >= 4 is 11.3 Å². The number of nitrogens with one attached hydrogen (secondary N) is 1. The second-order valence-corrected chi connectivity index (χ2v) is 8.05. The van der Waals surface area contributed by atoms with E-state index in [-0.39, 0.29) is 5.54 Å². The van der Waals surface area contributed by atoms with E-state index in [9.17, 15) is 5.11 Å². The third kappa shape index (κ3) is 3.13. The molecule has 126 valence electrons. The maximum atomic E-state index is 10.7. The molecule has 1 aromatic rings. The number of allylic oxidation sites excluding steroid dienone is 1. The Bertz CT molecular complexity index is 627. The van der Waals surface area contributed by atoms with Crippen molar-refractivity contribution in [3.05, 3.63) is 28.8 Å². The lowest BCUT2D eigenvalue weighted by atomic mass is 9.72. The van der Waals surface area contributed by atoms with Gasteiger partial charge in [-0.3, -0.25) is 0 Å². The van der Waals surface area contributed by atoms with E-state index in [1.807, 2.05) is 6.07 Å². The van der Waals surface area contributed by atoms with E-state index in [1.54, 1.807) is 0 Å². The summed E-state index contributed by atoms with van der Waals surface area (Å²) in [5, 5.41) is 14.4. The molecule has 1 unspecified atom stereocenters. The first-order valence-electron chi connectivity index (χ1n) is 9.29. The minimum absolute atomic E-state index is 0.00302. The summed E-state index contributed by atoms with van der Waals surface area (Å²) in [6.07, 6.45) is 8.24. The molecule has 2 aliphatic rings. The molecule has 0 fully saturated rings. The Morgan fingerprint density at radius 2 is 2.04 bits per heavy atom. The Morgan fingerprint density at radius 3 is 2.78 bits per heavy atom. The van der Waals surface area contributed by atoms with E-state index in [2.05, 4.69) is 39.1 Å². The summed E-state index contributed by atoms with van der Waals surface area (Å²) < 4.78 is 0. The maximum Gasteiger partial charge on any atom is 0.125 e. The Morgan fingerprint density at radius 1 is 1.26 bits per heavy atom. The zero-order valence-electron chi connectivity index (χ0n) is 15.1. The van der Waals surface area contributed by atoms with E-state index < -0.39 is 0 Å². The van der Waals surface area contributed by atoms with E-state index in [0.717, 1.165) is 30.5 Å². The topological polar surface area (TPSA) is 32.3 Å². The first kappa shape index (κ1) is 16.4. The molecule has 0 aromatic heterocycles. The highest BCUT2D eigenvalue weighted by Crippen LogP contribution is 2.50. The van der Waals surface area contributed by atoms with Gasteiger partial charge in [-0.1, -0.05) is 26.7 Å². The number of anilines is 1. The molecule has 23 heavy (non-hydrogen) atoms. The quantitative estimate of drug-likeness (QED) is 0.678. The molecule has 2 heteroatoms. The lowest BCUT2D eigenvalue weighted by molar-refractivity contribution is 0.460. The van der Waals surface area contributed by atoms with Crippen LogP contribution in [0.5, 0.6) is 5.75 Å². The van der Waals surface area contributed by atoms with Gasteiger partial charge < -0.3 is 10.4 Å². The zero-order valence-corrected chi connectivity index (χ0v) is 15.1. The van der Waals surface area contributed by atoms with Gasteiger partial charge in [0.05, 0.1) is 5.54 Å². The van der Waals surface area contributed by atoms with Crippen molar-refractivity contribution in [1.82, 2.24) is 0 Å². The van der Waals surface area contributed by atoms with Crippen LogP contribution in [0.2, 0.25) is 0 Å². The second-order valence-electron chi connectivity index (χ2n) is 8.05. The summed E-state index contributed by atoms with van der Waals surface area (Å²) in [7, 11) is 0. The Hall–Kier alpha value is -1.44. The molecular formula is C21H31NO. The van der Waals surface area contributed by atoms with Crippen molar-refractivity contribution < 1.29 is 5.11 Å². The van der Waals surface area contributed by atoms with Gasteiger partial charge in [-0.05, 0) is 80.7 Å². The molecule has 2 nitrogen and oxygen atoms in total. The molecule has 1 heterocycles. The molecule has 0 bridgehead atoms. The number of phenolic OH excluding ortho intramolecular Hbond substituents is 1. The lowest BCUT2D eigenvalue weighted by Gasteiger charge is -2.42. The Kier molecular flexibility index (Phi) is 4.44. The number of rotatable bonds is 4. The van der Waals surface area contributed by atoms with E-state index in [0.29, 0.717) is 11.7 Å². The summed E-state index contributed by atoms with van der Waals surface area (Å²) >= 11 is 0. The Labute approximate surface area is 141 Å². The number of aromatic hydroxyl groups is 1. The second kappa shape index (κ2) is 6.22. The molecule has 1 aliphatic heterocycles. The van der Waals surface area contributed by atoms with Crippen molar-refractivity contribution in [3.8, 4) is 5.75 Å². The lowest BCUT2D eigenvalue weighted by Crippen LogP contribution is -2.38. The predicted octanol–water partition coefficient (Wildman–Crippen LogP) is 5.90. The van der Waals surface area contributed by atoms with E-state index in [1.165, 1.54) is 42.4 Å². The first-order chi connectivity index (χ1) is 10.9. The summed E-state index contributed by atoms with van der Waals surface area (Å²) in [5.74, 6) is 1.18. The van der Waals surface area contributed by atoms with Crippen LogP contribution < -0.4 is 5.32 Å². The molecular weight excluding hydrogens is 282 g/mol. The summed E-state index contributed by atoms with van der Waals surface area (Å²) in [6.45, 7) is 9.12. The van der Waals surface area contributed by atoms with Gasteiger partial charge in [0, 0.05) is 11.3 Å². The number of aryl methyl sites for hydroxylation is 1. The average molecular weight is 313 g/mol. The highest BCUT2D eigenvalue weighted by atomic mass is 16.3.